The Bertz CT molecular complexity index is 684. The van der Waals surface area contributed by atoms with Crippen LogP contribution in [0.5, 0.6) is 0 Å². The number of non-ortho nitro benzene ring substituents is 1. The summed E-state index contributed by atoms with van der Waals surface area (Å²) < 4.78 is 37.1. The van der Waals surface area contributed by atoms with Gasteiger partial charge in [0.1, 0.15) is 4.99 Å². The molecule has 0 spiro atoms. The van der Waals surface area contributed by atoms with E-state index < -0.39 is 16.1 Å². The molecule has 0 radical (unpaired) electrons. The normalized spacial score (nSPS) is 11.2. The Morgan fingerprint density at radius 1 is 1.29 bits per heavy atom. The van der Waals surface area contributed by atoms with Crippen LogP contribution in [0.2, 0.25) is 0 Å². The Labute approximate surface area is 124 Å². The number of anilines is 1. The van der Waals surface area contributed by atoms with Gasteiger partial charge in [0.2, 0.25) is 10.1 Å². The number of hydrogen-bond donors (Lipinski definition) is 1. The fourth-order valence-electron chi connectivity index (χ4n) is 1.29. The maximum absolute atomic E-state index is 12.4. The molecule has 11 heteroatoms. The smallest absolute Gasteiger partial charge is 0.321 e. The molecule has 0 aliphatic carbocycles. The zero-order valence-electron chi connectivity index (χ0n) is 9.92. The molecule has 2 aromatic rings. The first-order valence-corrected chi connectivity index (χ1v) is 6.46. The molecule has 0 unspecified atom stereocenters. The van der Waals surface area contributed by atoms with Crippen LogP contribution in [-0.2, 0) is 6.18 Å². The molecular weight excluding hydrogens is 329 g/mol. The van der Waals surface area contributed by atoms with Gasteiger partial charge >= 0.3 is 6.18 Å². The summed E-state index contributed by atoms with van der Waals surface area (Å²) in [4.78, 5) is 10.0. The first kappa shape index (κ1) is 15.3. The second-order valence-electron chi connectivity index (χ2n) is 3.67. The zero-order chi connectivity index (χ0) is 15.6. The number of hydrogen-bond acceptors (Lipinski definition) is 6. The molecule has 1 aromatic carbocycles. The molecule has 1 heterocycles. The second-order valence-corrected chi connectivity index (χ2v) is 5.05. The lowest BCUT2D eigenvalue weighted by Crippen LogP contribution is -2.10. The van der Waals surface area contributed by atoms with Crippen molar-refractivity contribution < 1.29 is 18.1 Å². The maximum Gasteiger partial charge on any atom is 0.445 e. The van der Waals surface area contributed by atoms with Gasteiger partial charge < -0.3 is 5.32 Å². The number of thiocarbonyl (C=S) groups is 1. The number of nitrogens with one attached hydrogen (secondary N) is 1. The van der Waals surface area contributed by atoms with E-state index in [0.717, 1.165) is 0 Å². The zero-order valence-corrected chi connectivity index (χ0v) is 11.6. The monoisotopic (exact) mass is 334 g/mol. The molecule has 0 aliphatic rings. The van der Waals surface area contributed by atoms with Gasteiger partial charge in [-0.05, 0) is 12.1 Å². The Morgan fingerprint density at radius 3 is 2.38 bits per heavy atom. The lowest BCUT2D eigenvalue weighted by atomic mass is 10.2. The van der Waals surface area contributed by atoms with Gasteiger partial charge in [0.05, 0.1) is 4.92 Å². The highest BCUT2D eigenvalue weighted by Gasteiger charge is 2.35. The van der Waals surface area contributed by atoms with Crippen molar-refractivity contribution in [1.29, 1.82) is 0 Å². The standard InChI is InChI=1S/C10H5F3N4O2S2/c11-10(12,13)8-15-16-9(21-8)14-7(20)5-1-3-6(4-2-5)17(18)19/h1-4H,(H,14,16,20). The summed E-state index contributed by atoms with van der Waals surface area (Å²) in [5.41, 5.74) is 0.302. The van der Waals surface area contributed by atoms with Gasteiger partial charge in [-0.25, -0.2) is 0 Å². The highest BCUT2D eigenvalue weighted by molar-refractivity contribution is 7.81. The summed E-state index contributed by atoms with van der Waals surface area (Å²) in [6.07, 6.45) is -4.56. The number of halogens is 3. The maximum atomic E-state index is 12.4. The topological polar surface area (TPSA) is 81.0 Å². The molecule has 0 saturated carbocycles. The van der Waals surface area contributed by atoms with Crippen molar-refractivity contribution in [2.24, 2.45) is 0 Å². The van der Waals surface area contributed by atoms with Gasteiger partial charge in [-0.1, -0.05) is 23.6 Å². The van der Waals surface area contributed by atoms with Crippen LogP contribution >= 0.6 is 23.6 Å². The number of rotatable bonds is 3. The fourth-order valence-corrected chi connectivity index (χ4v) is 2.20. The highest BCUT2D eigenvalue weighted by atomic mass is 32.1. The summed E-state index contributed by atoms with van der Waals surface area (Å²) in [5.74, 6) is 0. The van der Waals surface area contributed by atoms with Crippen molar-refractivity contribution in [3.05, 3.63) is 45.0 Å². The summed E-state index contributed by atoms with van der Waals surface area (Å²) in [5, 5.41) is 18.2. The second kappa shape index (κ2) is 5.69. The Kier molecular flexibility index (Phi) is 4.14. The van der Waals surface area contributed by atoms with Crippen LogP contribution in [0.25, 0.3) is 0 Å². The number of benzene rings is 1. The largest absolute Gasteiger partial charge is 0.445 e. The third-order valence-electron chi connectivity index (χ3n) is 2.23. The van der Waals surface area contributed by atoms with Crippen molar-refractivity contribution in [3.8, 4) is 0 Å². The minimum atomic E-state index is -4.56. The van der Waals surface area contributed by atoms with Gasteiger partial charge in [0.15, 0.2) is 0 Å². The number of alkyl halides is 3. The molecule has 0 saturated heterocycles. The summed E-state index contributed by atoms with van der Waals surface area (Å²) in [6, 6.07) is 5.26. The molecule has 0 amide bonds. The van der Waals surface area contributed by atoms with E-state index in [1.54, 1.807) is 0 Å². The number of nitro benzene ring substituents is 1. The molecule has 0 bridgehead atoms. The van der Waals surface area contributed by atoms with Crippen molar-refractivity contribution in [1.82, 2.24) is 10.2 Å². The van der Waals surface area contributed by atoms with Crippen LogP contribution in [0.15, 0.2) is 24.3 Å². The van der Waals surface area contributed by atoms with Gasteiger partial charge in [0.25, 0.3) is 5.69 Å². The van der Waals surface area contributed by atoms with Crippen LogP contribution in [-0.4, -0.2) is 20.1 Å². The van der Waals surface area contributed by atoms with E-state index in [-0.39, 0.29) is 15.8 Å². The Hall–Kier alpha value is -2.14. The highest BCUT2D eigenvalue weighted by Crippen LogP contribution is 2.33. The lowest BCUT2D eigenvalue weighted by Gasteiger charge is -2.03. The lowest BCUT2D eigenvalue weighted by molar-refractivity contribution is -0.384. The van der Waals surface area contributed by atoms with Crippen LogP contribution in [0.1, 0.15) is 10.6 Å². The van der Waals surface area contributed by atoms with E-state index in [2.05, 4.69) is 15.5 Å². The Morgan fingerprint density at radius 2 is 1.90 bits per heavy atom. The molecule has 6 nitrogen and oxygen atoms in total. The summed E-state index contributed by atoms with van der Waals surface area (Å²) in [7, 11) is 0. The van der Waals surface area contributed by atoms with E-state index in [1.807, 2.05) is 0 Å². The average Bonchev–Trinajstić information content (AvgIpc) is 2.87. The van der Waals surface area contributed by atoms with Gasteiger partial charge in [0, 0.05) is 17.7 Å². The quantitative estimate of drug-likeness (QED) is 0.527. The molecule has 1 N–H and O–H groups in total. The first-order valence-electron chi connectivity index (χ1n) is 5.24. The number of nitrogens with zero attached hydrogens (tertiary/aromatic N) is 3. The molecule has 21 heavy (non-hydrogen) atoms. The van der Waals surface area contributed by atoms with Gasteiger partial charge in [-0.2, -0.15) is 13.2 Å². The number of aromatic nitrogens is 2. The van der Waals surface area contributed by atoms with Crippen LogP contribution in [0.4, 0.5) is 24.0 Å². The van der Waals surface area contributed by atoms with Crippen LogP contribution in [0.3, 0.4) is 0 Å². The molecule has 1 aromatic heterocycles. The van der Waals surface area contributed by atoms with Gasteiger partial charge in [-0.15, -0.1) is 10.2 Å². The minimum Gasteiger partial charge on any atom is -0.321 e. The molecule has 0 fully saturated rings. The Balaban J connectivity index is 2.11. The summed E-state index contributed by atoms with van der Waals surface area (Å²) in [6.45, 7) is 0. The predicted octanol–water partition coefficient (Wildman–Crippen LogP) is 3.25. The third kappa shape index (κ3) is 3.70. The third-order valence-corrected chi connectivity index (χ3v) is 3.45. The van der Waals surface area contributed by atoms with E-state index >= 15 is 0 Å². The van der Waals surface area contributed by atoms with Crippen molar-refractivity contribution >= 4 is 39.4 Å². The van der Waals surface area contributed by atoms with E-state index in [4.69, 9.17) is 12.2 Å². The van der Waals surface area contributed by atoms with Crippen molar-refractivity contribution in [2.45, 2.75) is 6.18 Å². The average molecular weight is 334 g/mol. The minimum absolute atomic E-state index is 0.0924. The molecular formula is C10H5F3N4O2S2. The fraction of sp³-hybridized carbons (Fsp3) is 0.100. The van der Waals surface area contributed by atoms with Crippen LogP contribution in [0, 0.1) is 10.1 Å². The van der Waals surface area contributed by atoms with Gasteiger partial charge in [-0.3, -0.25) is 10.1 Å². The van der Waals surface area contributed by atoms with Crippen LogP contribution < -0.4 is 5.32 Å². The summed E-state index contributed by atoms with van der Waals surface area (Å²) >= 11 is 5.31. The molecule has 0 atom stereocenters. The van der Waals surface area contributed by atoms with E-state index in [9.17, 15) is 23.3 Å². The van der Waals surface area contributed by atoms with E-state index in [1.165, 1.54) is 24.3 Å². The van der Waals surface area contributed by atoms with E-state index in [0.29, 0.717) is 16.9 Å². The molecule has 0 aliphatic heterocycles. The first-order chi connectivity index (χ1) is 9.77. The van der Waals surface area contributed by atoms with Crippen molar-refractivity contribution in [2.75, 3.05) is 5.32 Å². The number of nitro groups is 1. The van der Waals surface area contributed by atoms with Crippen molar-refractivity contribution in [3.63, 3.8) is 0 Å². The molecule has 2 rings (SSSR count). The molecule has 110 valence electrons. The predicted molar refractivity (Wildman–Crippen MR) is 73.3 cm³/mol. The SMILES string of the molecule is O=[N+]([O-])c1ccc(C(=S)Nc2nnc(C(F)(F)F)s2)cc1.